The SMILES string of the molecule is CCc1c2nc(c(CC)c3[nH]c(c4c3CCC4)c(CC)c3[nH]c(c(CC)c4nc1C1=C4CCC1)c1c3CCC1)C1=C2CCC1. The lowest BCUT2D eigenvalue weighted by Gasteiger charge is -2.08. The summed E-state index contributed by atoms with van der Waals surface area (Å²) in [5, 5.41) is 0. The Morgan fingerprint density at radius 2 is 0.682 bits per heavy atom. The number of nitrogens with one attached hydrogen (secondary N) is 2. The number of aromatic nitrogens is 4. The van der Waals surface area contributed by atoms with Gasteiger partial charge in [0.15, 0.2) is 0 Å². The van der Waals surface area contributed by atoms with Crippen LogP contribution in [0.15, 0.2) is 0 Å². The van der Waals surface area contributed by atoms with Gasteiger partial charge in [0, 0.05) is 38.8 Å². The van der Waals surface area contributed by atoms with Gasteiger partial charge in [0.25, 0.3) is 0 Å². The predicted octanol–water partition coefficient (Wildman–Crippen LogP) is 9.73. The maximum Gasteiger partial charge on any atom is 0.0726 e. The summed E-state index contributed by atoms with van der Waals surface area (Å²) in [5.41, 5.74) is 28.9. The Morgan fingerprint density at radius 1 is 0.386 bits per heavy atom. The van der Waals surface area contributed by atoms with E-state index in [9.17, 15) is 0 Å². The lowest BCUT2D eigenvalue weighted by Crippen LogP contribution is -1.99. The Bertz CT molecular complexity index is 1870. The molecule has 0 unspecified atom stereocenters. The van der Waals surface area contributed by atoms with Crippen molar-refractivity contribution in [3.05, 3.63) is 67.3 Å². The summed E-state index contributed by atoms with van der Waals surface area (Å²) in [4.78, 5) is 19.6. The van der Waals surface area contributed by atoms with E-state index in [4.69, 9.17) is 9.97 Å². The van der Waals surface area contributed by atoms with Gasteiger partial charge >= 0.3 is 0 Å². The maximum atomic E-state index is 5.67. The molecule has 4 heteroatoms. The highest BCUT2D eigenvalue weighted by Crippen LogP contribution is 2.50. The molecule has 2 aliphatic heterocycles. The average Bonchev–Trinajstić information content (AvgIpc) is 3.87. The zero-order valence-electron chi connectivity index (χ0n) is 27.2. The standard InChI is InChI=1S/C40H46N4/c1-5-21-33-25-13-9-15-27(25)35(41-33)22(6-2)37-29-17-11-19-31(29)39(43-37)24(8-4)40-32-20-12-18-30(32)38(44-40)23(7-3)36-28-16-10-14-26(28)34(21)42-36/h41-42H,5-20H2,1-4H3. The number of rotatable bonds is 4. The van der Waals surface area contributed by atoms with E-state index in [2.05, 4.69) is 37.7 Å². The van der Waals surface area contributed by atoms with Gasteiger partial charge in [-0.3, -0.25) is 0 Å². The Labute approximate surface area is 261 Å². The lowest BCUT2D eigenvalue weighted by molar-refractivity contribution is 0.903. The monoisotopic (exact) mass is 582 g/mol. The highest BCUT2D eigenvalue weighted by atomic mass is 14.8. The second-order valence-corrected chi connectivity index (χ2v) is 13.9. The third-order valence-electron chi connectivity index (χ3n) is 11.9. The molecule has 6 aliphatic rings. The number of H-pyrrole nitrogens is 2. The lowest BCUT2D eigenvalue weighted by atomic mass is 9.96. The van der Waals surface area contributed by atoms with Gasteiger partial charge in [-0.25, -0.2) is 9.97 Å². The number of aryl methyl sites for hydroxylation is 7. The van der Waals surface area contributed by atoms with Crippen LogP contribution in [-0.2, 0) is 51.4 Å². The summed E-state index contributed by atoms with van der Waals surface area (Å²) in [5.74, 6) is 0. The Kier molecular flexibility index (Phi) is 6.16. The van der Waals surface area contributed by atoms with Gasteiger partial charge in [-0.05, 0) is 153 Å². The number of hydrogen-bond acceptors (Lipinski definition) is 2. The van der Waals surface area contributed by atoms with Gasteiger partial charge in [-0.1, -0.05) is 27.7 Å². The van der Waals surface area contributed by atoms with Crippen LogP contribution in [0.4, 0.5) is 0 Å². The van der Waals surface area contributed by atoms with Gasteiger partial charge in [0.05, 0.1) is 22.8 Å². The highest BCUT2D eigenvalue weighted by molar-refractivity contribution is 6.01. The van der Waals surface area contributed by atoms with Crippen molar-refractivity contribution < 1.29 is 0 Å². The fourth-order valence-corrected chi connectivity index (χ4v) is 10.0. The second kappa shape index (κ2) is 10.1. The first-order chi connectivity index (χ1) is 21.7. The largest absolute Gasteiger partial charge is 0.354 e. The molecule has 4 aliphatic carbocycles. The number of hydrogen-bond donors (Lipinski definition) is 2. The van der Waals surface area contributed by atoms with Crippen molar-refractivity contribution in [1.29, 1.82) is 0 Å². The van der Waals surface area contributed by atoms with Crippen LogP contribution < -0.4 is 0 Å². The van der Waals surface area contributed by atoms with E-state index < -0.39 is 0 Å². The quantitative estimate of drug-likeness (QED) is 0.322. The van der Waals surface area contributed by atoms with E-state index in [1.165, 1.54) is 141 Å². The molecule has 226 valence electrons. The maximum absolute atomic E-state index is 5.67. The van der Waals surface area contributed by atoms with Gasteiger partial charge in [-0.15, -0.1) is 0 Å². The van der Waals surface area contributed by atoms with Crippen molar-refractivity contribution in [3.8, 4) is 0 Å². The van der Waals surface area contributed by atoms with Crippen molar-refractivity contribution in [3.63, 3.8) is 0 Å². The molecule has 0 amide bonds. The van der Waals surface area contributed by atoms with E-state index in [1.807, 2.05) is 0 Å². The van der Waals surface area contributed by atoms with E-state index in [0.29, 0.717) is 0 Å². The van der Waals surface area contributed by atoms with Gasteiger partial charge < -0.3 is 9.97 Å². The fraction of sp³-hybridized carbons (Fsp3) is 0.500. The third-order valence-corrected chi connectivity index (χ3v) is 11.9. The van der Waals surface area contributed by atoms with Crippen LogP contribution in [0.2, 0.25) is 0 Å². The number of fused-ring (bicyclic) bond motifs is 18. The summed E-state index contributed by atoms with van der Waals surface area (Å²) in [6, 6.07) is 0. The van der Waals surface area contributed by atoms with Crippen LogP contribution in [0.25, 0.3) is 44.4 Å². The summed E-state index contributed by atoms with van der Waals surface area (Å²) in [6.45, 7) is 9.41. The summed E-state index contributed by atoms with van der Waals surface area (Å²) in [6.07, 6.45) is 18.4. The van der Waals surface area contributed by atoms with Crippen molar-refractivity contribution in [1.82, 2.24) is 19.9 Å². The number of nitrogens with zero attached hydrogens (tertiary/aromatic N) is 2. The molecule has 8 bridgehead atoms. The normalized spacial score (nSPS) is 18.5. The summed E-state index contributed by atoms with van der Waals surface area (Å²) < 4.78 is 0. The molecule has 9 rings (SSSR count). The first-order valence-electron chi connectivity index (χ1n) is 18.0. The molecule has 44 heavy (non-hydrogen) atoms. The van der Waals surface area contributed by atoms with Crippen molar-refractivity contribution in [2.45, 2.75) is 130 Å². The molecule has 0 saturated carbocycles. The zero-order chi connectivity index (χ0) is 29.7. The van der Waals surface area contributed by atoms with Crippen molar-refractivity contribution in [2.75, 3.05) is 0 Å². The van der Waals surface area contributed by atoms with E-state index >= 15 is 0 Å². The molecule has 2 N–H and O–H groups in total. The summed E-state index contributed by atoms with van der Waals surface area (Å²) >= 11 is 0. The summed E-state index contributed by atoms with van der Waals surface area (Å²) in [7, 11) is 0. The molecular formula is C40H46N4. The first-order valence-corrected chi connectivity index (χ1v) is 18.0. The van der Waals surface area contributed by atoms with Gasteiger partial charge in [-0.2, -0.15) is 0 Å². The predicted molar refractivity (Wildman–Crippen MR) is 184 cm³/mol. The topological polar surface area (TPSA) is 57.4 Å². The van der Waals surface area contributed by atoms with Crippen LogP contribution >= 0.6 is 0 Å². The molecule has 0 spiro atoms. The zero-order valence-corrected chi connectivity index (χ0v) is 27.2. The minimum absolute atomic E-state index is 0.980. The molecular weight excluding hydrogens is 536 g/mol. The van der Waals surface area contributed by atoms with Crippen LogP contribution in [0.1, 0.15) is 146 Å². The molecule has 0 atom stereocenters. The average molecular weight is 583 g/mol. The molecule has 0 fully saturated rings. The van der Waals surface area contributed by atoms with Gasteiger partial charge in [0.2, 0.25) is 0 Å². The Morgan fingerprint density at radius 3 is 1.02 bits per heavy atom. The fourth-order valence-electron chi connectivity index (χ4n) is 10.0. The minimum atomic E-state index is 0.980. The molecule has 4 nitrogen and oxygen atoms in total. The smallest absolute Gasteiger partial charge is 0.0726 e. The number of allylic oxidation sites excluding steroid dienone is 4. The van der Waals surface area contributed by atoms with Gasteiger partial charge in [0.1, 0.15) is 0 Å². The molecule has 0 saturated heterocycles. The molecule has 5 heterocycles. The van der Waals surface area contributed by atoms with E-state index in [-0.39, 0.29) is 0 Å². The first kappa shape index (κ1) is 27.0. The van der Waals surface area contributed by atoms with Crippen LogP contribution in [-0.4, -0.2) is 19.9 Å². The highest BCUT2D eigenvalue weighted by Gasteiger charge is 2.34. The van der Waals surface area contributed by atoms with Crippen molar-refractivity contribution in [2.24, 2.45) is 0 Å². The van der Waals surface area contributed by atoms with Crippen LogP contribution in [0.5, 0.6) is 0 Å². The molecule has 0 radical (unpaired) electrons. The third kappa shape index (κ3) is 3.52. The molecule has 0 aromatic carbocycles. The minimum Gasteiger partial charge on any atom is -0.354 e. The van der Waals surface area contributed by atoms with Crippen LogP contribution in [0.3, 0.4) is 0 Å². The molecule has 3 aromatic rings. The number of aromatic amines is 2. The van der Waals surface area contributed by atoms with E-state index in [1.54, 1.807) is 22.3 Å². The van der Waals surface area contributed by atoms with Crippen LogP contribution in [0, 0.1) is 0 Å². The Balaban J connectivity index is 1.55. The van der Waals surface area contributed by atoms with E-state index in [0.717, 1.165) is 51.4 Å². The molecule has 3 aromatic heterocycles. The second-order valence-electron chi connectivity index (χ2n) is 13.9. The van der Waals surface area contributed by atoms with Crippen molar-refractivity contribution >= 4 is 44.4 Å². The Hall–Kier alpha value is -3.40.